The van der Waals surface area contributed by atoms with Crippen LogP contribution in [0.2, 0.25) is 0 Å². The highest BCUT2D eigenvalue weighted by molar-refractivity contribution is 4.88. The number of hydrogen-bond donors (Lipinski definition) is 1. The Morgan fingerprint density at radius 1 is 1.27 bits per heavy atom. The van der Waals surface area contributed by atoms with Gasteiger partial charge in [-0.05, 0) is 32.2 Å². The van der Waals surface area contributed by atoms with E-state index in [0.29, 0.717) is 6.61 Å². The highest BCUT2D eigenvalue weighted by Gasteiger charge is 2.33. The van der Waals surface area contributed by atoms with Gasteiger partial charge in [-0.1, -0.05) is 27.2 Å². The lowest BCUT2D eigenvalue weighted by molar-refractivity contribution is 0.0761. The molecule has 0 saturated heterocycles. The molecule has 15 heavy (non-hydrogen) atoms. The molecule has 1 N–H and O–H groups in total. The third-order valence-electron chi connectivity index (χ3n) is 3.39. The lowest BCUT2D eigenvalue weighted by atomic mass is 9.86. The van der Waals surface area contributed by atoms with Crippen LogP contribution in [0.25, 0.3) is 0 Å². The number of aliphatic hydroxyl groups is 1. The first-order chi connectivity index (χ1) is 7.15. The first-order valence-electron chi connectivity index (χ1n) is 6.50. The zero-order chi connectivity index (χ0) is 11.3. The third kappa shape index (κ3) is 4.12. The molecule has 0 aromatic carbocycles. The maximum atomic E-state index is 9.51. The largest absolute Gasteiger partial charge is 0.396 e. The van der Waals surface area contributed by atoms with Crippen LogP contribution in [0, 0.1) is 5.41 Å². The smallest absolute Gasteiger partial charge is 0.0497 e. The van der Waals surface area contributed by atoms with E-state index in [1.54, 1.807) is 0 Å². The van der Waals surface area contributed by atoms with Gasteiger partial charge in [0.2, 0.25) is 0 Å². The zero-order valence-corrected chi connectivity index (χ0v) is 10.6. The van der Waals surface area contributed by atoms with E-state index in [4.69, 9.17) is 0 Å². The Bertz CT molecular complexity index is 179. The Labute approximate surface area is 94.7 Å². The van der Waals surface area contributed by atoms with Crippen molar-refractivity contribution in [3.05, 3.63) is 0 Å². The van der Waals surface area contributed by atoms with Crippen LogP contribution in [0.5, 0.6) is 0 Å². The van der Waals surface area contributed by atoms with Gasteiger partial charge in [0.1, 0.15) is 0 Å². The highest BCUT2D eigenvalue weighted by Crippen LogP contribution is 2.32. The third-order valence-corrected chi connectivity index (χ3v) is 3.39. The number of hydrogen-bond acceptors (Lipinski definition) is 2. The highest BCUT2D eigenvalue weighted by atomic mass is 16.3. The summed E-state index contributed by atoms with van der Waals surface area (Å²) in [5.74, 6) is 0. The number of nitrogens with zero attached hydrogens (tertiary/aromatic N) is 1. The second kappa shape index (κ2) is 5.86. The van der Waals surface area contributed by atoms with Crippen molar-refractivity contribution in [1.82, 2.24) is 4.90 Å². The van der Waals surface area contributed by atoms with Gasteiger partial charge in [-0.15, -0.1) is 0 Å². The molecule has 1 aliphatic carbocycles. The van der Waals surface area contributed by atoms with Gasteiger partial charge in [-0.2, -0.15) is 0 Å². The maximum Gasteiger partial charge on any atom is 0.0497 e. The molecule has 90 valence electrons. The minimum absolute atomic E-state index is 0.118. The molecule has 0 aromatic heterocycles. The summed E-state index contributed by atoms with van der Waals surface area (Å²) in [5.41, 5.74) is 0.118. The Balaban J connectivity index is 2.45. The minimum atomic E-state index is 0.118. The van der Waals surface area contributed by atoms with Crippen molar-refractivity contribution in [2.24, 2.45) is 5.41 Å². The van der Waals surface area contributed by atoms with Crippen molar-refractivity contribution >= 4 is 0 Å². The molecule has 2 nitrogen and oxygen atoms in total. The van der Waals surface area contributed by atoms with Crippen molar-refractivity contribution in [3.8, 4) is 0 Å². The topological polar surface area (TPSA) is 23.5 Å². The summed E-state index contributed by atoms with van der Waals surface area (Å²) >= 11 is 0. The second-order valence-electron chi connectivity index (χ2n) is 5.42. The predicted octanol–water partition coefficient (Wildman–Crippen LogP) is 2.66. The average Bonchev–Trinajstić information content (AvgIpc) is 3.01. The molecule has 0 heterocycles. The second-order valence-corrected chi connectivity index (χ2v) is 5.42. The molecular formula is C13H27NO. The van der Waals surface area contributed by atoms with Crippen LogP contribution in [0.15, 0.2) is 0 Å². The SMILES string of the molecule is CCCN(CC(C)(CO)CCC)C1CC1. The fourth-order valence-corrected chi connectivity index (χ4v) is 2.42. The van der Waals surface area contributed by atoms with Crippen LogP contribution in [0.3, 0.4) is 0 Å². The molecule has 0 amide bonds. The van der Waals surface area contributed by atoms with Crippen LogP contribution in [0.4, 0.5) is 0 Å². The van der Waals surface area contributed by atoms with E-state index in [1.807, 2.05) is 0 Å². The molecule has 1 rings (SSSR count). The van der Waals surface area contributed by atoms with Gasteiger partial charge in [0.15, 0.2) is 0 Å². The Hall–Kier alpha value is -0.0800. The minimum Gasteiger partial charge on any atom is -0.396 e. The summed E-state index contributed by atoms with van der Waals surface area (Å²) in [7, 11) is 0. The molecule has 0 aromatic rings. The van der Waals surface area contributed by atoms with E-state index in [9.17, 15) is 5.11 Å². The maximum absolute atomic E-state index is 9.51. The van der Waals surface area contributed by atoms with Gasteiger partial charge in [-0.25, -0.2) is 0 Å². The van der Waals surface area contributed by atoms with Crippen molar-refractivity contribution in [2.75, 3.05) is 19.7 Å². The lowest BCUT2D eigenvalue weighted by Crippen LogP contribution is -2.40. The molecule has 1 atom stereocenters. The summed E-state index contributed by atoms with van der Waals surface area (Å²) in [6.45, 7) is 9.27. The summed E-state index contributed by atoms with van der Waals surface area (Å²) in [6, 6.07) is 0.827. The summed E-state index contributed by atoms with van der Waals surface area (Å²) in [5, 5.41) is 9.51. The molecule has 0 radical (unpaired) electrons. The van der Waals surface area contributed by atoms with Crippen molar-refractivity contribution in [1.29, 1.82) is 0 Å². The number of rotatable bonds is 8. The molecule has 1 unspecified atom stereocenters. The van der Waals surface area contributed by atoms with Gasteiger partial charge >= 0.3 is 0 Å². The van der Waals surface area contributed by atoms with E-state index in [-0.39, 0.29) is 5.41 Å². The van der Waals surface area contributed by atoms with Crippen LogP contribution < -0.4 is 0 Å². The van der Waals surface area contributed by atoms with E-state index in [1.165, 1.54) is 32.2 Å². The van der Waals surface area contributed by atoms with Gasteiger partial charge < -0.3 is 5.11 Å². The quantitative estimate of drug-likeness (QED) is 0.670. The number of aliphatic hydroxyl groups excluding tert-OH is 1. The zero-order valence-electron chi connectivity index (χ0n) is 10.6. The van der Waals surface area contributed by atoms with Crippen LogP contribution >= 0.6 is 0 Å². The molecule has 2 heteroatoms. The molecule has 1 saturated carbocycles. The normalized spacial score (nSPS) is 20.6. The molecule has 0 aliphatic heterocycles. The van der Waals surface area contributed by atoms with Crippen molar-refractivity contribution in [3.63, 3.8) is 0 Å². The standard InChI is InChI=1S/C13H27NO/c1-4-8-13(3,11-15)10-14(9-5-2)12-6-7-12/h12,15H,4-11H2,1-3H3. The van der Waals surface area contributed by atoms with Gasteiger partial charge in [0, 0.05) is 24.6 Å². The lowest BCUT2D eigenvalue weighted by Gasteiger charge is -2.34. The van der Waals surface area contributed by atoms with E-state index in [2.05, 4.69) is 25.7 Å². The molecule has 0 bridgehead atoms. The van der Waals surface area contributed by atoms with Crippen molar-refractivity contribution < 1.29 is 5.11 Å². The van der Waals surface area contributed by atoms with Gasteiger partial charge in [0.05, 0.1) is 0 Å². The molecular weight excluding hydrogens is 186 g/mol. The molecule has 0 spiro atoms. The monoisotopic (exact) mass is 213 g/mol. The van der Waals surface area contributed by atoms with E-state index < -0.39 is 0 Å². The first-order valence-corrected chi connectivity index (χ1v) is 6.50. The average molecular weight is 213 g/mol. The fraction of sp³-hybridized carbons (Fsp3) is 1.00. The van der Waals surface area contributed by atoms with Gasteiger partial charge in [-0.3, -0.25) is 4.90 Å². The Morgan fingerprint density at radius 3 is 2.33 bits per heavy atom. The summed E-state index contributed by atoms with van der Waals surface area (Å²) < 4.78 is 0. The van der Waals surface area contributed by atoms with Gasteiger partial charge in [0.25, 0.3) is 0 Å². The first kappa shape index (κ1) is 13.0. The molecule has 1 aliphatic rings. The van der Waals surface area contributed by atoms with Crippen LogP contribution in [-0.4, -0.2) is 35.7 Å². The molecule has 1 fully saturated rings. The Morgan fingerprint density at radius 2 is 1.93 bits per heavy atom. The summed E-state index contributed by atoms with van der Waals surface area (Å²) in [4.78, 5) is 2.59. The Kier molecular flexibility index (Phi) is 5.07. The van der Waals surface area contributed by atoms with E-state index in [0.717, 1.165) is 19.0 Å². The van der Waals surface area contributed by atoms with Crippen molar-refractivity contribution in [2.45, 2.75) is 58.9 Å². The predicted molar refractivity (Wildman–Crippen MR) is 65.0 cm³/mol. The van der Waals surface area contributed by atoms with Crippen LogP contribution in [0.1, 0.15) is 52.9 Å². The summed E-state index contributed by atoms with van der Waals surface area (Å²) in [6.07, 6.45) is 6.27. The van der Waals surface area contributed by atoms with E-state index >= 15 is 0 Å². The van der Waals surface area contributed by atoms with Crippen LogP contribution in [-0.2, 0) is 0 Å². The fourth-order valence-electron chi connectivity index (χ4n) is 2.42.